The van der Waals surface area contributed by atoms with Crippen molar-refractivity contribution in [1.29, 1.82) is 0 Å². The van der Waals surface area contributed by atoms with Gasteiger partial charge in [0, 0.05) is 31.7 Å². The Labute approximate surface area is 151 Å². The first-order chi connectivity index (χ1) is 9.68. The molecule has 9 heteroatoms. The van der Waals surface area contributed by atoms with Crippen molar-refractivity contribution in [2.45, 2.75) is 30.0 Å². The Morgan fingerprint density at radius 3 is 2.50 bits per heavy atom. The van der Waals surface area contributed by atoms with Gasteiger partial charge in [-0.2, -0.15) is 4.31 Å². The summed E-state index contributed by atoms with van der Waals surface area (Å²) in [6, 6.07) is 3.44. The quantitative estimate of drug-likeness (QED) is 0.793. The Morgan fingerprint density at radius 2 is 1.95 bits per heavy atom. The molecule has 0 aromatic carbocycles. The van der Waals surface area contributed by atoms with Crippen LogP contribution in [-0.4, -0.2) is 55.9 Å². The highest BCUT2D eigenvalue weighted by Crippen LogP contribution is 2.29. The first-order valence-electron chi connectivity index (χ1n) is 6.95. The van der Waals surface area contributed by atoms with Crippen LogP contribution in [0.1, 0.15) is 20.3 Å². The standard InChI is InChI=1S/C13H22BrN3O2S2.ClH/c1-13(2,15)10-16-6-3-7-17(9-8-16)21(18,19)12-5-4-11(14)20-12;/h4-5H,3,6-10,15H2,1-2H3;1H. The van der Waals surface area contributed by atoms with Crippen molar-refractivity contribution >= 4 is 49.7 Å². The molecule has 0 amide bonds. The molecule has 22 heavy (non-hydrogen) atoms. The molecule has 1 aromatic rings. The molecule has 1 aromatic heterocycles. The lowest BCUT2D eigenvalue weighted by atomic mass is 10.1. The number of sulfonamides is 1. The van der Waals surface area contributed by atoms with Crippen LogP contribution in [0.25, 0.3) is 0 Å². The van der Waals surface area contributed by atoms with Gasteiger partial charge in [-0.05, 0) is 54.9 Å². The highest BCUT2D eigenvalue weighted by atomic mass is 79.9. The number of rotatable bonds is 4. The third kappa shape index (κ3) is 5.43. The van der Waals surface area contributed by atoms with Gasteiger partial charge in [-0.3, -0.25) is 0 Å². The maximum Gasteiger partial charge on any atom is 0.252 e. The molecule has 0 bridgehead atoms. The lowest BCUT2D eigenvalue weighted by Gasteiger charge is -2.28. The van der Waals surface area contributed by atoms with Gasteiger partial charge in [-0.15, -0.1) is 23.7 Å². The summed E-state index contributed by atoms with van der Waals surface area (Å²) in [4.78, 5) is 2.25. The number of hydrogen-bond acceptors (Lipinski definition) is 5. The third-order valence-electron chi connectivity index (χ3n) is 3.32. The van der Waals surface area contributed by atoms with Crippen LogP contribution in [0.15, 0.2) is 20.1 Å². The summed E-state index contributed by atoms with van der Waals surface area (Å²) in [5.74, 6) is 0. The Kier molecular flexibility index (Phi) is 7.32. The van der Waals surface area contributed by atoms with E-state index in [-0.39, 0.29) is 17.9 Å². The molecule has 1 saturated heterocycles. The summed E-state index contributed by atoms with van der Waals surface area (Å²) in [5.41, 5.74) is 5.80. The molecule has 1 aliphatic heterocycles. The second kappa shape index (κ2) is 7.92. The van der Waals surface area contributed by atoms with Crippen molar-refractivity contribution in [3.63, 3.8) is 0 Å². The van der Waals surface area contributed by atoms with Crippen LogP contribution in [-0.2, 0) is 10.0 Å². The van der Waals surface area contributed by atoms with Crippen molar-refractivity contribution in [2.75, 3.05) is 32.7 Å². The fourth-order valence-electron chi connectivity index (χ4n) is 2.49. The zero-order valence-corrected chi connectivity index (χ0v) is 16.8. The predicted octanol–water partition coefficient (Wildman–Crippen LogP) is 2.37. The summed E-state index contributed by atoms with van der Waals surface area (Å²) in [7, 11) is -3.37. The van der Waals surface area contributed by atoms with Crippen LogP contribution in [0.5, 0.6) is 0 Å². The number of halogens is 2. The first-order valence-corrected chi connectivity index (χ1v) is 10.0. The highest BCUT2D eigenvalue weighted by molar-refractivity contribution is 9.11. The molecule has 0 spiro atoms. The number of thiophene rings is 1. The molecule has 2 N–H and O–H groups in total. The van der Waals surface area contributed by atoms with E-state index in [1.54, 1.807) is 16.4 Å². The molecule has 2 rings (SSSR count). The van der Waals surface area contributed by atoms with Crippen LogP contribution >= 0.6 is 39.7 Å². The SMILES string of the molecule is CC(C)(N)CN1CCCN(S(=O)(=O)c2ccc(Br)s2)CC1.Cl. The van der Waals surface area contributed by atoms with E-state index >= 15 is 0 Å². The molecular formula is C13H23BrClN3O2S2. The van der Waals surface area contributed by atoms with E-state index < -0.39 is 10.0 Å². The van der Waals surface area contributed by atoms with Crippen LogP contribution in [0.4, 0.5) is 0 Å². The minimum atomic E-state index is -3.37. The van der Waals surface area contributed by atoms with Crippen LogP contribution in [0.2, 0.25) is 0 Å². The zero-order chi connectivity index (χ0) is 15.7. The molecule has 0 saturated carbocycles. The van der Waals surface area contributed by atoms with Crippen LogP contribution < -0.4 is 5.73 Å². The van der Waals surface area contributed by atoms with E-state index in [1.807, 2.05) is 13.8 Å². The summed E-state index contributed by atoms with van der Waals surface area (Å²) in [5, 5.41) is 0. The highest BCUT2D eigenvalue weighted by Gasteiger charge is 2.29. The van der Waals surface area contributed by atoms with Crippen molar-refractivity contribution in [1.82, 2.24) is 9.21 Å². The molecule has 0 radical (unpaired) electrons. The third-order valence-corrected chi connectivity index (χ3v) is 7.31. The fraction of sp³-hybridized carbons (Fsp3) is 0.692. The molecular weight excluding hydrogens is 410 g/mol. The monoisotopic (exact) mass is 431 g/mol. The van der Waals surface area contributed by atoms with Gasteiger partial charge < -0.3 is 10.6 Å². The Bertz CT molecular complexity index is 586. The van der Waals surface area contributed by atoms with E-state index in [9.17, 15) is 8.42 Å². The molecule has 2 heterocycles. The van der Waals surface area contributed by atoms with Gasteiger partial charge in [-0.1, -0.05) is 0 Å². The summed E-state index contributed by atoms with van der Waals surface area (Å²) in [6.07, 6.45) is 0.835. The van der Waals surface area contributed by atoms with E-state index in [0.29, 0.717) is 17.3 Å². The van der Waals surface area contributed by atoms with Gasteiger partial charge in [0.15, 0.2) is 0 Å². The van der Waals surface area contributed by atoms with Gasteiger partial charge in [-0.25, -0.2) is 8.42 Å². The molecule has 128 valence electrons. The van der Waals surface area contributed by atoms with Crippen molar-refractivity contribution in [2.24, 2.45) is 5.73 Å². The maximum absolute atomic E-state index is 12.6. The van der Waals surface area contributed by atoms with E-state index in [4.69, 9.17) is 5.73 Å². The van der Waals surface area contributed by atoms with E-state index in [1.165, 1.54) is 11.3 Å². The lowest BCUT2D eigenvalue weighted by Crippen LogP contribution is -2.46. The molecule has 0 unspecified atom stereocenters. The minimum Gasteiger partial charge on any atom is -0.324 e. The van der Waals surface area contributed by atoms with Crippen molar-refractivity contribution < 1.29 is 8.42 Å². The Morgan fingerprint density at radius 1 is 1.27 bits per heavy atom. The second-order valence-corrected chi connectivity index (χ2v) is 10.7. The van der Waals surface area contributed by atoms with E-state index in [2.05, 4.69) is 20.8 Å². The van der Waals surface area contributed by atoms with Crippen LogP contribution in [0, 0.1) is 0 Å². The summed E-state index contributed by atoms with van der Waals surface area (Å²) >= 11 is 4.58. The average molecular weight is 433 g/mol. The Hall–Kier alpha value is 0.300. The molecule has 0 atom stereocenters. The van der Waals surface area contributed by atoms with Gasteiger partial charge in [0.2, 0.25) is 0 Å². The predicted molar refractivity (Wildman–Crippen MR) is 97.3 cm³/mol. The van der Waals surface area contributed by atoms with Gasteiger partial charge >= 0.3 is 0 Å². The average Bonchev–Trinajstić information content (AvgIpc) is 2.65. The van der Waals surface area contributed by atoms with Crippen LogP contribution in [0.3, 0.4) is 0 Å². The van der Waals surface area contributed by atoms with Gasteiger partial charge in [0.25, 0.3) is 10.0 Å². The van der Waals surface area contributed by atoms with Crippen molar-refractivity contribution in [3.05, 3.63) is 15.9 Å². The molecule has 5 nitrogen and oxygen atoms in total. The lowest BCUT2D eigenvalue weighted by molar-refractivity contribution is 0.235. The normalized spacial score (nSPS) is 18.7. The smallest absolute Gasteiger partial charge is 0.252 e. The van der Waals surface area contributed by atoms with Gasteiger partial charge in [0.1, 0.15) is 4.21 Å². The van der Waals surface area contributed by atoms with E-state index in [0.717, 1.165) is 29.8 Å². The molecule has 1 aliphatic rings. The number of nitrogens with zero attached hydrogens (tertiary/aromatic N) is 2. The summed E-state index contributed by atoms with van der Waals surface area (Å²) in [6.45, 7) is 7.48. The largest absolute Gasteiger partial charge is 0.324 e. The van der Waals surface area contributed by atoms with Crippen molar-refractivity contribution in [3.8, 4) is 0 Å². The summed E-state index contributed by atoms with van der Waals surface area (Å²) < 4.78 is 28.1. The van der Waals surface area contributed by atoms with Gasteiger partial charge in [0.05, 0.1) is 3.79 Å². The Balaban J connectivity index is 0.00000242. The maximum atomic E-state index is 12.6. The fourth-order valence-corrected chi connectivity index (χ4v) is 6.12. The number of hydrogen-bond donors (Lipinski definition) is 1. The first kappa shape index (κ1) is 20.3. The number of nitrogens with two attached hydrogens (primary N) is 1. The molecule has 0 aliphatic carbocycles. The molecule has 1 fully saturated rings. The minimum absolute atomic E-state index is 0. The topological polar surface area (TPSA) is 66.6 Å². The second-order valence-electron chi connectivity index (χ2n) is 6.08. The zero-order valence-electron chi connectivity index (χ0n) is 12.8.